The number of hydrogen-bond acceptors (Lipinski definition) is 2. The fourth-order valence-corrected chi connectivity index (χ4v) is 2.00. The molecule has 0 aromatic carbocycles. The predicted molar refractivity (Wildman–Crippen MR) is 58.7 cm³/mol. The zero-order valence-electron chi connectivity index (χ0n) is 9.05. The van der Waals surface area contributed by atoms with Gasteiger partial charge in [-0.05, 0) is 42.9 Å². The number of hydrogen-bond donors (Lipinski definition) is 1. The van der Waals surface area contributed by atoms with Crippen LogP contribution in [-0.4, -0.2) is 12.0 Å². The Labute approximate surface area is 85.9 Å². The summed E-state index contributed by atoms with van der Waals surface area (Å²) in [6.07, 6.45) is 8.66. The van der Waals surface area contributed by atoms with Crippen molar-refractivity contribution in [1.82, 2.24) is 0 Å². The molecule has 0 spiro atoms. The van der Waals surface area contributed by atoms with Crippen molar-refractivity contribution in [3.8, 4) is 0 Å². The molecule has 0 aliphatic heterocycles. The van der Waals surface area contributed by atoms with Gasteiger partial charge in [0.05, 0.1) is 0 Å². The molecule has 0 bridgehead atoms. The van der Waals surface area contributed by atoms with Crippen LogP contribution < -0.4 is 0 Å². The quantitative estimate of drug-likeness (QED) is 0.685. The van der Waals surface area contributed by atoms with Crippen molar-refractivity contribution in [2.75, 3.05) is 0 Å². The molecule has 0 fully saturated rings. The molecule has 0 saturated heterocycles. The Hall–Kier alpha value is -0.920. The van der Waals surface area contributed by atoms with E-state index in [4.69, 9.17) is 5.41 Å². The summed E-state index contributed by atoms with van der Waals surface area (Å²) >= 11 is 0. The predicted octanol–water partition coefficient (Wildman–Crippen LogP) is 2.98. The first-order chi connectivity index (χ1) is 6.56. The number of carbonyl (C=O) groups excluding carboxylic acids is 1. The van der Waals surface area contributed by atoms with Crippen molar-refractivity contribution in [2.45, 2.75) is 39.5 Å². The largest absolute Gasteiger partial charge is 0.313 e. The summed E-state index contributed by atoms with van der Waals surface area (Å²) in [5.41, 5.74) is 0.179. The first kappa shape index (κ1) is 11.2. The molecule has 2 heteroatoms. The molecule has 0 heterocycles. The summed E-state index contributed by atoms with van der Waals surface area (Å²) in [5, 5.41) is 7.03. The zero-order chi connectivity index (χ0) is 10.6. The first-order valence-corrected chi connectivity index (χ1v) is 5.24. The lowest BCUT2D eigenvalue weighted by atomic mass is 9.70. The van der Waals surface area contributed by atoms with E-state index in [1.807, 2.05) is 6.08 Å². The summed E-state index contributed by atoms with van der Waals surface area (Å²) in [6.45, 7) is 4.40. The normalized spacial score (nSPS) is 22.4. The molecular weight excluding hydrogens is 174 g/mol. The van der Waals surface area contributed by atoms with Crippen LogP contribution in [0.2, 0.25) is 0 Å². The Morgan fingerprint density at radius 3 is 2.93 bits per heavy atom. The Morgan fingerprint density at radius 2 is 2.36 bits per heavy atom. The van der Waals surface area contributed by atoms with Crippen molar-refractivity contribution in [3.05, 3.63) is 12.2 Å². The lowest BCUT2D eigenvalue weighted by molar-refractivity contribution is -0.116. The Morgan fingerprint density at radius 1 is 1.64 bits per heavy atom. The van der Waals surface area contributed by atoms with Gasteiger partial charge in [0.15, 0.2) is 5.78 Å². The van der Waals surface area contributed by atoms with E-state index in [1.165, 1.54) is 6.21 Å². The van der Waals surface area contributed by atoms with Gasteiger partial charge in [-0.3, -0.25) is 4.79 Å². The van der Waals surface area contributed by atoms with Crippen LogP contribution >= 0.6 is 0 Å². The van der Waals surface area contributed by atoms with Crippen molar-refractivity contribution >= 4 is 12.0 Å². The van der Waals surface area contributed by atoms with Gasteiger partial charge in [0.25, 0.3) is 0 Å². The molecular formula is C12H19NO. The molecule has 1 rings (SSSR count). The lowest BCUT2D eigenvalue weighted by Crippen LogP contribution is -2.27. The summed E-state index contributed by atoms with van der Waals surface area (Å²) in [6, 6.07) is 0. The average Bonchev–Trinajstić information content (AvgIpc) is 2.15. The van der Waals surface area contributed by atoms with Crippen molar-refractivity contribution in [3.63, 3.8) is 0 Å². The van der Waals surface area contributed by atoms with Crippen LogP contribution in [0.4, 0.5) is 0 Å². The molecule has 0 aromatic rings. The Balaban J connectivity index is 2.58. The summed E-state index contributed by atoms with van der Waals surface area (Å²) in [7, 11) is 0. The lowest BCUT2D eigenvalue weighted by Gasteiger charge is -2.34. The fraction of sp³-hybridized carbons (Fsp3) is 0.667. The first-order valence-electron chi connectivity index (χ1n) is 5.24. The highest BCUT2D eigenvalue weighted by Gasteiger charge is 2.30. The molecule has 1 unspecified atom stereocenters. The van der Waals surface area contributed by atoms with Crippen LogP contribution in [0, 0.1) is 16.7 Å². The van der Waals surface area contributed by atoms with Gasteiger partial charge in [0, 0.05) is 6.42 Å². The molecule has 1 aliphatic carbocycles. The van der Waals surface area contributed by atoms with Crippen molar-refractivity contribution in [1.29, 1.82) is 5.41 Å². The maximum atomic E-state index is 11.3. The molecule has 1 N–H and O–H groups in total. The van der Waals surface area contributed by atoms with Gasteiger partial charge >= 0.3 is 0 Å². The second kappa shape index (κ2) is 4.54. The van der Waals surface area contributed by atoms with Crippen LogP contribution in [0.5, 0.6) is 0 Å². The summed E-state index contributed by atoms with van der Waals surface area (Å²) in [5.74, 6) is 0.712. The van der Waals surface area contributed by atoms with Crippen LogP contribution in [-0.2, 0) is 4.79 Å². The van der Waals surface area contributed by atoms with Gasteiger partial charge in [-0.15, -0.1) is 0 Å². The Kier molecular flexibility index (Phi) is 3.62. The topological polar surface area (TPSA) is 40.9 Å². The number of rotatable bonds is 4. The third-order valence-corrected chi connectivity index (χ3v) is 3.21. The maximum Gasteiger partial charge on any atom is 0.155 e. The summed E-state index contributed by atoms with van der Waals surface area (Å²) < 4.78 is 0. The highest BCUT2D eigenvalue weighted by atomic mass is 16.1. The van der Waals surface area contributed by atoms with Crippen molar-refractivity contribution < 1.29 is 4.79 Å². The minimum absolute atomic E-state index is 0.179. The van der Waals surface area contributed by atoms with Crippen LogP contribution in [0.15, 0.2) is 12.2 Å². The molecule has 0 amide bonds. The van der Waals surface area contributed by atoms with Gasteiger partial charge in [-0.2, -0.15) is 0 Å². The van der Waals surface area contributed by atoms with E-state index >= 15 is 0 Å². The van der Waals surface area contributed by atoms with E-state index in [9.17, 15) is 4.79 Å². The van der Waals surface area contributed by atoms with E-state index in [0.717, 1.165) is 19.3 Å². The van der Waals surface area contributed by atoms with Gasteiger partial charge in [0.1, 0.15) is 0 Å². The molecule has 78 valence electrons. The fourth-order valence-electron chi connectivity index (χ4n) is 2.00. The monoisotopic (exact) mass is 193 g/mol. The standard InChI is InChI=1S/C12H19NO/c1-12(2,7-4-8-13)10-5-3-6-11(14)9-10/h3,6,8,10,13H,4-5,7,9H2,1-2H3. The van der Waals surface area contributed by atoms with E-state index in [-0.39, 0.29) is 11.2 Å². The molecule has 1 aliphatic rings. The molecule has 0 aromatic heterocycles. The average molecular weight is 193 g/mol. The highest BCUT2D eigenvalue weighted by molar-refractivity contribution is 5.90. The van der Waals surface area contributed by atoms with E-state index in [0.29, 0.717) is 12.3 Å². The maximum absolute atomic E-state index is 11.3. The molecule has 2 nitrogen and oxygen atoms in total. The van der Waals surface area contributed by atoms with E-state index in [2.05, 4.69) is 13.8 Å². The van der Waals surface area contributed by atoms with E-state index in [1.54, 1.807) is 6.08 Å². The van der Waals surface area contributed by atoms with Crippen LogP contribution in [0.25, 0.3) is 0 Å². The van der Waals surface area contributed by atoms with Crippen LogP contribution in [0.3, 0.4) is 0 Å². The third-order valence-electron chi connectivity index (χ3n) is 3.21. The molecule has 1 atom stereocenters. The number of ketones is 1. The minimum Gasteiger partial charge on any atom is -0.313 e. The molecule has 14 heavy (non-hydrogen) atoms. The number of carbonyl (C=O) groups is 1. The number of allylic oxidation sites excluding steroid dienone is 2. The van der Waals surface area contributed by atoms with Gasteiger partial charge in [0.2, 0.25) is 0 Å². The van der Waals surface area contributed by atoms with E-state index < -0.39 is 0 Å². The second-order valence-electron chi connectivity index (χ2n) is 4.74. The summed E-state index contributed by atoms with van der Waals surface area (Å²) in [4.78, 5) is 11.3. The van der Waals surface area contributed by atoms with Crippen molar-refractivity contribution in [2.24, 2.45) is 11.3 Å². The van der Waals surface area contributed by atoms with Gasteiger partial charge < -0.3 is 5.41 Å². The minimum atomic E-state index is 0.179. The molecule has 0 radical (unpaired) electrons. The zero-order valence-corrected chi connectivity index (χ0v) is 9.05. The van der Waals surface area contributed by atoms with Gasteiger partial charge in [-0.1, -0.05) is 19.9 Å². The smallest absolute Gasteiger partial charge is 0.155 e. The number of nitrogens with one attached hydrogen (secondary N) is 1. The van der Waals surface area contributed by atoms with Crippen LogP contribution in [0.1, 0.15) is 39.5 Å². The third kappa shape index (κ3) is 2.79. The second-order valence-corrected chi connectivity index (χ2v) is 4.74. The highest BCUT2D eigenvalue weighted by Crippen LogP contribution is 2.38. The SMILES string of the molecule is CC(C)(CCC=N)C1CC=CC(=O)C1. The Bertz CT molecular complexity index is 253. The molecule has 0 saturated carbocycles. The van der Waals surface area contributed by atoms with Gasteiger partial charge in [-0.25, -0.2) is 0 Å².